The zero-order valence-electron chi connectivity index (χ0n) is 17.9. The number of carbonyl (C=O) groups excluding carboxylic acids is 1. The summed E-state index contributed by atoms with van der Waals surface area (Å²) in [6, 6.07) is 14.2. The Morgan fingerprint density at radius 1 is 1.07 bits per heavy atom. The van der Waals surface area contributed by atoms with Crippen molar-refractivity contribution in [1.82, 2.24) is 4.90 Å². The van der Waals surface area contributed by atoms with E-state index in [1.807, 2.05) is 37.3 Å². The molecule has 1 aliphatic heterocycles. The highest BCUT2D eigenvalue weighted by atomic mass is 32.2. The number of sulfonamides is 1. The lowest BCUT2D eigenvalue weighted by molar-refractivity contribution is -0.132. The first-order valence-corrected chi connectivity index (χ1v) is 11.8. The molecular formula is C22H29N3O4S. The summed E-state index contributed by atoms with van der Waals surface area (Å²) in [5.74, 6) is 0.620. The summed E-state index contributed by atoms with van der Waals surface area (Å²) in [5, 5.41) is 0. The molecule has 30 heavy (non-hydrogen) atoms. The number of methoxy groups -OCH3 is 1. The van der Waals surface area contributed by atoms with Crippen LogP contribution in [0.25, 0.3) is 0 Å². The van der Waals surface area contributed by atoms with Gasteiger partial charge in [0.15, 0.2) is 0 Å². The normalized spacial score (nSPS) is 15.6. The number of hydrogen-bond donors (Lipinski definition) is 0. The fourth-order valence-corrected chi connectivity index (χ4v) is 4.97. The van der Waals surface area contributed by atoms with Crippen LogP contribution >= 0.6 is 0 Å². The topological polar surface area (TPSA) is 70.2 Å². The van der Waals surface area contributed by atoms with Crippen LogP contribution in [-0.4, -0.2) is 64.8 Å². The molecule has 0 spiro atoms. The lowest BCUT2D eigenvalue weighted by Gasteiger charge is -2.39. The van der Waals surface area contributed by atoms with E-state index in [9.17, 15) is 13.2 Å². The van der Waals surface area contributed by atoms with Crippen LogP contribution in [0, 0.1) is 6.92 Å². The van der Waals surface area contributed by atoms with E-state index in [2.05, 4.69) is 4.90 Å². The summed E-state index contributed by atoms with van der Waals surface area (Å²) in [6.45, 7) is 6.01. The second kappa shape index (κ2) is 8.95. The average Bonchev–Trinajstić information content (AvgIpc) is 2.72. The molecule has 2 aromatic carbocycles. The van der Waals surface area contributed by atoms with Gasteiger partial charge < -0.3 is 14.5 Å². The maximum Gasteiger partial charge on any atom is 0.246 e. The van der Waals surface area contributed by atoms with Crippen molar-refractivity contribution < 1.29 is 17.9 Å². The van der Waals surface area contributed by atoms with Crippen LogP contribution in [0.2, 0.25) is 0 Å². The van der Waals surface area contributed by atoms with Gasteiger partial charge >= 0.3 is 0 Å². The van der Waals surface area contributed by atoms with E-state index in [0.717, 1.165) is 23.3 Å². The highest BCUT2D eigenvalue weighted by Gasteiger charge is 2.33. The molecule has 1 amide bonds. The molecule has 1 fully saturated rings. The molecule has 162 valence electrons. The molecule has 1 heterocycles. The molecule has 0 aromatic heterocycles. The molecule has 0 saturated carbocycles. The van der Waals surface area contributed by atoms with Crippen LogP contribution in [-0.2, 0) is 14.8 Å². The minimum Gasteiger partial charge on any atom is -0.497 e. The van der Waals surface area contributed by atoms with E-state index in [1.165, 1.54) is 4.31 Å². The Morgan fingerprint density at radius 3 is 2.23 bits per heavy atom. The van der Waals surface area contributed by atoms with Crippen molar-refractivity contribution in [1.29, 1.82) is 0 Å². The number of benzene rings is 2. The summed E-state index contributed by atoms with van der Waals surface area (Å²) < 4.78 is 31.4. The van der Waals surface area contributed by atoms with Crippen molar-refractivity contribution >= 4 is 27.3 Å². The van der Waals surface area contributed by atoms with Gasteiger partial charge in [-0.1, -0.05) is 12.1 Å². The lowest BCUT2D eigenvalue weighted by atomic mass is 10.2. The Hall–Kier alpha value is -2.74. The van der Waals surface area contributed by atoms with Crippen LogP contribution < -0.4 is 13.9 Å². The van der Waals surface area contributed by atoms with Gasteiger partial charge in [0, 0.05) is 31.9 Å². The number of carbonyl (C=O) groups is 1. The third-order valence-electron chi connectivity index (χ3n) is 5.35. The summed E-state index contributed by atoms with van der Waals surface area (Å²) in [6.07, 6.45) is 1.14. The predicted octanol–water partition coefficient (Wildman–Crippen LogP) is 2.51. The molecule has 2 aromatic rings. The van der Waals surface area contributed by atoms with Gasteiger partial charge in [0.1, 0.15) is 11.8 Å². The minimum absolute atomic E-state index is 0.184. The molecule has 1 atom stereocenters. The fourth-order valence-electron chi connectivity index (χ4n) is 3.81. The molecule has 3 rings (SSSR count). The first kappa shape index (κ1) is 22.0. The van der Waals surface area contributed by atoms with Crippen molar-refractivity contribution in [2.24, 2.45) is 0 Å². The Kier molecular flexibility index (Phi) is 6.55. The van der Waals surface area contributed by atoms with Crippen molar-refractivity contribution in [2.45, 2.75) is 19.9 Å². The molecule has 1 aliphatic rings. The zero-order chi connectivity index (χ0) is 21.9. The Bertz CT molecular complexity index is 984. The van der Waals surface area contributed by atoms with Crippen molar-refractivity contribution in [3.63, 3.8) is 0 Å². The van der Waals surface area contributed by atoms with Crippen LogP contribution in [0.15, 0.2) is 48.5 Å². The monoisotopic (exact) mass is 431 g/mol. The largest absolute Gasteiger partial charge is 0.497 e. The van der Waals surface area contributed by atoms with Crippen LogP contribution in [0.4, 0.5) is 11.4 Å². The maximum atomic E-state index is 13.2. The SMILES string of the molecule is COc1ccc(N2CCN(C(=O)[C@H](C)N(c3cccc(C)c3)S(C)(=O)=O)CC2)cc1. The van der Waals surface area contributed by atoms with Gasteiger partial charge in [0.2, 0.25) is 15.9 Å². The molecule has 0 aliphatic carbocycles. The van der Waals surface area contributed by atoms with Crippen molar-refractivity contribution in [3.05, 3.63) is 54.1 Å². The summed E-state index contributed by atoms with van der Waals surface area (Å²) in [4.78, 5) is 17.1. The molecule has 8 heteroatoms. The quantitative estimate of drug-likeness (QED) is 0.703. The van der Waals surface area contributed by atoms with Gasteiger partial charge in [-0.15, -0.1) is 0 Å². The van der Waals surface area contributed by atoms with Gasteiger partial charge in [0.05, 0.1) is 19.1 Å². The molecule has 1 saturated heterocycles. The first-order chi connectivity index (χ1) is 14.2. The van der Waals surface area contributed by atoms with Crippen molar-refractivity contribution in [3.8, 4) is 5.75 Å². The molecule has 0 unspecified atom stereocenters. The van der Waals surface area contributed by atoms with E-state index < -0.39 is 16.1 Å². The third kappa shape index (κ3) is 4.87. The van der Waals surface area contributed by atoms with Gasteiger partial charge in [-0.05, 0) is 55.8 Å². The lowest BCUT2D eigenvalue weighted by Crippen LogP contribution is -2.55. The minimum atomic E-state index is -3.61. The van der Waals surface area contributed by atoms with E-state index in [1.54, 1.807) is 37.1 Å². The Labute approximate surface area is 178 Å². The summed E-state index contributed by atoms with van der Waals surface area (Å²) in [7, 11) is -1.98. The number of anilines is 2. The number of hydrogen-bond acceptors (Lipinski definition) is 5. The highest BCUT2D eigenvalue weighted by Crippen LogP contribution is 2.24. The second-order valence-electron chi connectivity index (χ2n) is 7.58. The summed E-state index contributed by atoms with van der Waals surface area (Å²) in [5.41, 5.74) is 2.53. The van der Waals surface area contributed by atoms with Crippen molar-refractivity contribution in [2.75, 3.05) is 48.7 Å². The van der Waals surface area contributed by atoms with Gasteiger partial charge in [-0.3, -0.25) is 9.10 Å². The smallest absolute Gasteiger partial charge is 0.246 e. The van der Waals surface area contributed by atoms with Crippen LogP contribution in [0.3, 0.4) is 0 Å². The maximum absolute atomic E-state index is 13.2. The standard InChI is InChI=1S/C22H29N3O4S/c1-17-6-5-7-20(16-17)25(30(4,27)28)18(2)22(26)24-14-12-23(13-15-24)19-8-10-21(29-3)11-9-19/h5-11,16,18H,12-15H2,1-4H3/t18-/m0/s1. The average molecular weight is 432 g/mol. The first-order valence-electron chi connectivity index (χ1n) is 9.94. The molecular weight excluding hydrogens is 402 g/mol. The molecule has 7 nitrogen and oxygen atoms in total. The molecule has 0 N–H and O–H groups in total. The number of amides is 1. The van der Waals surface area contributed by atoms with Crippen LogP contribution in [0.1, 0.15) is 12.5 Å². The predicted molar refractivity (Wildman–Crippen MR) is 120 cm³/mol. The second-order valence-corrected chi connectivity index (χ2v) is 9.44. The Balaban J connectivity index is 1.71. The third-order valence-corrected chi connectivity index (χ3v) is 6.59. The van der Waals surface area contributed by atoms with Gasteiger partial charge in [-0.25, -0.2) is 8.42 Å². The fraction of sp³-hybridized carbons (Fsp3) is 0.409. The Morgan fingerprint density at radius 2 is 1.70 bits per heavy atom. The zero-order valence-corrected chi connectivity index (χ0v) is 18.7. The van der Waals surface area contributed by atoms with Gasteiger partial charge in [0.25, 0.3) is 0 Å². The van der Waals surface area contributed by atoms with Gasteiger partial charge in [-0.2, -0.15) is 0 Å². The number of piperazine rings is 1. The molecule has 0 bridgehead atoms. The highest BCUT2D eigenvalue weighted by molar-refractivity contribution is 7.92. The number of ether oxygens (including phenoxy) is 1. The van der Waals surface area contributed by atoms with Crippen LogP contribution in [0.5, 0.6) is 5.75 Å². The number of rotatable bonds is 6. The van der Waals surface area contributed by atoms with E-state index >= 15 is 0 Å². The number of nitrogens with zero attached hydrogens (tertiary/aromatic N) is 3. The molecule has 0 radical (unpaired) electrons. The van der Waals surface area contributed by atoms with E-state index in [4.69, 9.17) is 4.74 Å². The summed E-state index contributed by atoms with van der Waals surface area (Å²) >= 11 is 0. The van der Waals surface area contributed by atoms with E-state index in [-0.39, 0.29) is 5.91 Å². The van der Waals surface area contributed by atoms with E-state index in [0.29, 0.717) is 31.9 Å². The number of aryl methyl sites for hydroxylation is 1.